The average Bonchev–Trinajstić information content (AvgIpc) is 2.44. The van der Waals surface area contributed by atoms with Crippen molar-refractivity contribution in [3.63, 3.8) is 0 Å². The number of phenols is 1. The van der Waals surface area contributed by atoms with E-state index in [0.717, 1.165) is 6.42 Å². The zero-order valence-electron chi connectivity index (χ0n) is 15.1. The molecular weight excluding hydrogens is 300 g/mol. The first-order chi connectivity index (χ1) is 11.1. The van der Waals surface area contributed by atoms with Gasteiger partial charge in [0.25, 0.3) is 0 Å². The van der Waals surface area contributed by atoms with Gasteiger partial charge in [-0.3, -0.25) is 4.79 Å². The summed E-state index contributed by atoms with van der Waals surface area (Å²) in [5.41, 5.74) is 0.599. The van der Waals surface area contributed by atoms with Crippen LogP contribution in [0.5, 0.6) is 11.5 Å². The SMILES string of the molecule is CC(C)(C)CC(C)(C)Oc1ccc(C(=O)c2ccccc2)c(O)c1. The molecule has 3 heteroatoms. The molecule has 0 atom stereocenters. The summed E-state index contributed by atoms with van der Waals surface area (Å²) >= 11 is 0. The third-order valence-electron chi connectivity index (χ3n) is 3.60. The zero-order valence-corrected chi connectivity index (χ0v) is 15.1. The van der Waals surface area contributed by atoms with Gasteiger partial charge in [-0.15, -0.1) is 0 Å². The molecule has 0 saturated heterocycles. The fourth-order valence-electron chi connectivity index (χ4n) is 3.14. The Morgan fingerprint density at radius 3 is 2.17 bits per heavy atom. The van der Waals surface area contributed by atoms with Gasteiger partial charge in [-0.05, 0) is 37.8 Å². The number of ether oxygens (including phenoxy) is 1. The summed E-state index contributed by atoms with van der Waals surface area (Å²) in [6.07, 6.45) is 0.867. The van der Waals surface area contributed by atoms with Crippen molar-refractivity contribution in [3.05, 3.63) is 59.7 Å². The number of carbonyl (C=O) groups is 1. The molecule has 0 fully saturated rings. The van der Waals surface area contributed by atoms with E-state index in [2.05, 4.69) is 20.8 Å². The number of ketones is 1. The van der Waals surface area contributed by atoms with Crippen LogP contribution in [0.3, 0.4) is 0 Å². The van der Waals surface area contributed by atoms with Crippen LogP contribution in [0.15, 0.2) is 48.5 Å². The molecular formula is C21H26O3. The lowest BCUT2D eigenvalue weighted by atomic mass is 9.83. The van der Waals surface area contributed by atoms with Crippen LogP contribution in [0, 0.1) is 5.41 Å². The molecule has 0 aliphatic rings. The molecule has 0 amide bonds. The zero-order chi connectivity index (χ0) is 18.0. The quantitative estimate of drug-likeness (QED) is 0.767. The summed E-state index contributed by atoms with van der Waals surface area (Å²) in [4.78, 5) is 12.5. The number of carbonyl (C=O) groups excluding carboxylic acids is 1. The van der Waals surface area contributed by atoms with E-state index < -0.39 is 0 Å². The van der Waals surface area contributed by atoms with Crippen molar-refractivity contribution in [2.24, 2.45) is 5.41 Å². The van der Waals surface area contributed by atoms with Crippen LogP contribution in [0.25, 0.3) is 0 Å². The maximum atomic E-state index is 12.5. The number of hydrogen-bond acceptors (Lipinski definition) is 3. The Balaban J connectivity index is 2.20. The van der Waals surface area contributed by atoms with Gasteiger partial charge >= 0.3 is 0 Å². The Morgan fingerprint density at radius 1 is 1.00 bits per heavy atom. The normalized spacial score (nSPS) is 12.0. The standard InChI is InChI=1S/C21H26O3/c1-20(2,3)14-21(4,5)24-16-11-12-17(18(22)13-16)19(23)15-9-7-6-8-10-15/h6-13,22H,14H2,1-5H3. The number of phenolic OH excluding ortho intramolecular Hbond substituents is 1. The topological polar surface area (TPSA) is 46.5 Å². The minimum absolute atomic E-state index is 0.0621. The van der Waals surface area contributed by atoms with Gasteiger partial charge in [-0.1, -0.05) is 51.1 Å². The average molecular weight is 326 g/mol. The van der Waals surface area contributed by atoms with Crippen molar-refractivity contribution in [3.8, 4) is 11.5 Å². The monoisotopic (exact) mass is 326 g/mol. The number of hydrogen-bond donors (Lipinski definition) is 1. The lowest BCUT2D eigenvalue weighted by Crippen LogP contribution is -2.33. The summed E-state index contributed by atoms with van der Waals surface area (Å²) in [6, 6.07) is 13.8. The van der Waals surface area contributed by atoms with Crippen LogP contribution >= 0.6 is 0 Å². The largest absolute Gasteiger partial charge is 0.507 e. The van der Waals surface area contributed by atoms with Crippen LogP contribution in [0.2, 0.25) is 0 Å². The van der Waals surface area contributed by atoms with Gasteiger partial charge in [0, 0.05) is 11.6 Å². The summed E-state index contributed by atoms with van der Waals surface area (Å²) in [5.74, 6) is 0.299. The van der Waals surface area contributed by atoms with E-state index >= 15 is 0 Å². The second-order valence-electron chi connectivity index (χ2n) is 7.97. The first-order valence-corrected chi connectivity index (χ1v) is 8.19. The highest BCUT2D eigenvalue weighted by Crippen LogP contribution is 2.33. The molecule has 0 bridgehead atoms. The van der Waals surface area contributed by atoms with Crippen LogP contribution in [0.1, 0.15) is 57.0 Å². The van der Waals surface area contributed by atoms with E-state index in [1.165, 1.54) is 6.07 Å². The fourth-order valence-corrected chi connectivity index (χ4v) is 3.14. The molecule has 0 aromatic heterocycles. The van der Waals surface area contributed by atoms with E-state index in [9.17, 15) is 9.90 Å². The van der Waals surface area contributed by atoms with Crippen LogP contribution in [-0.2, 0) is 0 Å². The summed E-state index contributed by atoms with van der Waals surface area (Å²) < 4.78 is 6.03. The second-order valence-corrected chi connectivity index (χ2v) is 7.97. The van der Waals surface area contributed by atoms with E-state index in [1.54, 1.807) is 36.4 Å². The lowest BCUT2D eigenvalue weighted by Gasteiger charge is -2.33. The highest BCUT2D eigenvalue weighted by molar-refractivity contribution is 6.10. The van der Waals surface area contributed by atoms with E-state index in [4.69, 9.17) is 4.74 Å². The predicted octanol–water partition coefficient (Wildman–Crippen LogP) is 5.22. The summed E-state index contributed by atoms with van der Waals surface area (Å²) in [7, 11) is 0. The van der Waals surface area contributed by atoms with Gasteiger partial charge in [-0.2, -0.15) is 0 Å². The van der Waals surface area contributed by atoms with Gasteiger partial charge in [0.1, 0.15) is 17.1 Å². The minimum atomic E-state index is -0.365. The number of aromatic hydroxyl groups is 1. The second kappa shape index (κ2) is 6.68. The molecule has 0 aliphatic carbocycles. The smallest absolute Gasteiger partial charge is 0.196 e. The van der Waals surface area contributed by atoms with Crippen molar-refractivity contribution in [1.29, 1.82) is 0 Å². The molecule has 0 spiro atoms. The first-order valence-electron chi connectivity index (χ1n) is 8.19. The first kappa shape index (κ1) is 18.1. The highest BCUT2D eigenvalue weighted by atomic mass is 16.5. The van der Waals surface area contributed by atoms with Crippen molar-refractivity contribution < 1.29 is 14.6 Å². The molecule has 0 aliphatic heterocycles. The van der Waals surface area contributed by atoms with E-state index in [0.29, 0.717) is 11.3 Å². The van der Waals surface area contributed by atoms with Gasteiger partial charge in [0.15, 0.2) is 5.78 Å². The fraction of sp³-hybridized carbons (Fsp3) is 0.381. The third kappa shape index (κ3) is 4.85. The summed E-state index contributed by atoms with van der Waals surface area (Å²) in [6.45, 7) is 10.5. The van der Waals surface area contributed by atoms with Crippen molar-refractivity contribution in [2.75, 3.05) is 0 Å². The van der Waals surface area contributed by atoms with Gasteiger partial charge in [-0.25, -0.2) is 0 Å². The lowest BCUT2D eigenvalue weighted by molar-refractivity contribution is 0.0620. The Kier molecular flexibility index (Phi) is 5.02. The molecule has 3 nitrogen and oxygen atoms in total. The van der Waals surface area contributed by atoms with Gasteiger partial charge < -0.3 is 9.84 Å². The minimum Gasteiger partial charge on any atom is -0.507 e. The molecule has 0 saturated carbocycles. The molecule has 1 N–H and O–H groups in total. The molecule has 2 aromatic carbocycles. The third-order valence-corrected chi connectivity index (χ3v) is 3.60. The Labute approximate surface area is 144 Å². The molecule has 0 radical (unpaired) electrons. The summed E-state index contributed by atoms with van der Waals surface area (Å²) in [5, 5.41) is 10.3. The molecule has 2 aromatic rings. The Morgan fingerprint density at radius 2 is 1.62 bits per heavy atom. The van der Waals surface area contributed by atoms with Crippen LogP contribution < -0.4 is 4.74 Å². The molecule has 2 rings (SSSR count). The van der Waals surface area contributed by atoms with Crippen molar-refractivity contribution >= 4 is 5.78 Å². The van der Waals surface area contributed by atoms with Crippen molar-refractivity contribution in [1.82, 2.24) is 0 Å². The van der Waals surface area contributed by atoms with Gasteiger partial charge in [0.05, 0.1) is 5.56 Å². The maximum absolute atomic E-state index is 12.5. The number of benzene rings is 2. The van der Waals surface area contributed by atoms with Crippen LogP contribution in [0.4, 0.5) is 0 Å². The molecule has 0 unspecified atom stereocenters. The van der Waals surface area contributed by atoms with E-state index in [1.807, 2.05) is 19.9 Å². The van der Waals surface area contributed by atoms with E-state index in [-0.39, 0.29) is 28.1 Å². The number of rotatable bonds is 5. The predicted molar refractivity (Wildman–Crippen MR) is 96.8 cm³/mol. The Bertz CT molecular complexity index is 710. The maximum Gasteiger partial charge on any atom is 0.196 e. The van der Waals surface area contributed by atoms with Crippen LogP contribution in [-0.4, -0.2) is 16.5 Å². The molecule has 24 heavy (non-hydrogen) atoms. The van der Waals surface area contributed by atoms with Crippen molar-refractivity contribution in [2.45, 2.75) is 46.6 Å². The Hall–Kier alpha value is -2.29. The van der Waals surface area contributed by atoms with Gasteiger partial charge in [0.2, 0.25) is 0 Å². The highest BCUT2D eigenvalue weighted by Gasteiger charge is 2.27. The molecule has 128 valence electrons. The molecule has 0 heterocycles.